The highest BCUT2D eigenvalue weighted by molar-refractivity contribution is 7.92. The largest absolute Gasteiger partial charge is 0.355 e. The molecule has 1 amide bonds. The number of sulfonamides is 1. The number of carbonyl (C=O) groups excluding carboxylic acids is 2. The average molecular weight is 326 g/mol. The van der Waals surface area contributed by atoms with Gasteiger partial charge in [0.2, 0.25) is 15.9 Å². The standard InChI is InChI=1S/C15H22N2O4S/c1-4-5-9-16-15(19)11-17(22(3,20)21)14-8-6-7-13(10-14)12(2)18/h6-8,10H,4-5,9,11H2,1-3H3,(H,16,19). The van der Waals surface area contributed by atoms with Crippen molar-refractivity contribution >= 4 is 27.4 Å². The second kappa shape index (κ2) is 7.93. The summed E-state index contributed by atoms with van der Waals surface area (Å²) in [5.74, 6) is -0.533. The zero-order valence-corrected chi connectivity index (χ0v) is 13.9. The minimum Gasteiger partial charge on any atom is -0.355 e. The number of unbranched alkanes of at least 4 members (excludes halogenated alkanes) is 1. The Hall–Kier alpha value is -1.89. The highest BCUT2D eigenvalue weighted by Crippen LogP contribution is 2.19. The van der Waals surface area contributed by atoms with Crippen molar-refractivity contribution in [3.05, 3.63) is 29.8 Å². The van der Waals surface area contributed by atoms with Crippen molar-refractivity contribution < 1.29 is 18.0 Å². The van der Waals surface area contributed by atoms with E-state index in [1.54, 1.807) is 18.2 Å². The quantitative estimate of drug-likeness (QED) is 0.580. The summed E-state index contributed by atoms with van der Waals surface area (Å²) in [7, 11) is -3.62. The molecule has 0 heterocycles. The lowest BCUT2D eigenvalue weighted by Gasteiger charge is -2.22. The number of carbonyl (C=O) groups is 2. The number of anilines is 1. The first-order valence-electron chi connectivity index (χ1n) is 7.11. The lowest BCUT2D eigenvalue weighted by Crippen LogP contribution is -2.40. The Morgan fingerprint density at radius 2 is 1.95 bits per heavy atom. The van der Waals surface area contributed by atoms with Gasteiger partial charge in [0.25, 0.3) is 0 Å². The maximum Gasteiger partial charge on any atom is 0.240 e. The third-order valence-electron chi connectivity index (χ3n) is 3.08. The molecule has 1 rings (SSSR count). The molecule has 0 radical (unpaired) electrons. The van der Waals surface area contributed by atoms with Crippen molar-refractivity contribution in [2.24, 2.45) is 0 Å². The second-order valence-electron chi connectivity index (χ2n) is 5.08. The predicted octanol–water partition coefficient (Wildman–Crippen LogP) is 1.57. The van der Waals surface area contributed by atoms with Crippen LogP contribution in [0.15, 0.2) is 24.3 Å². The number of rotatable bonds is 8. The minimum atomic E-state index is -3.62. The van der Waals surface area contributed by atoms with Crippen LogP contribution in [0.1, 0.15) is 37.0 Å². The van der Waals surface area contributed by atoms with Crippen LogP contribution in [0.3, 0.4) is 0 Å². The molecule has 1 aromatic rings. The molecule has 22 heavy (non-hydrogen) atoms. The van der Waals surface area contributed by atoms with Crippen molar-refractivity contribution in [3.8, 4) is 0 Å². The number of amides is 1. The molecule has 6 nitrogen and oxygen atoms in total. The fourth-order valence-corrected chi connectivity index (χ4v) is 2.72. The van der Waals surface area contributed by atoms with E-state index in [2.05, 4.69) is 5.32 Å². The van der Waals surface area contributed by atoms with Gasteiger partial charge in [-0.1, -0.05) is 25.5 Å². The Morgan fingerprint density at radius 1 is 1.27 bits per heavy atom. The van der Waals surface area contributed by atoms with E-state index in [0.29, 0.717) is 17.8 Å². The third kappa shape index (κ3) is 5.48. The van der Waals surface area contributed by atoms with Gasteiger partial charge in [0.1, 0.15) is 6.54 Å². The molecule has 0 saturated heterocycles. The highest BCUT2D eigenvalue weighted by Gasteiger charge is 2.21. The van der Waals surface area contributed by atoms with Crippen LogP contribution in [-0.2, 0) is 14.8 Å². The van der Waals surface area contributed by atoms with E-state index in [1.165, 1.54) is 13.0 Å². The van der Waals surface area contributed by atoms with E-state index in [-0.39, 0.29) is 18.2 Å². The maximum absolute atomic E-state index is 11.9. The summed E-state index contributed by atoms with van der Waals surface area (Å²) in [6.07, 6.45) is 2.81. The zero-order valence-electron chi connectivity index (χ0n) is 13.1. The molecule has 0 aliphatic heterocycles. The number of hydrogen-bond acceptors (Lipinski definition) is 4. The number of benzene rings is 1. The summed E-state index contributed by atoms with van der Waals surface area (Å²) in [6.45, 7) is 3.62. The first-order valence-corrected chi connectivity index (χ1v) is 8.96. The summed E-state index contributed by atoms with van der Waals surface area (Å²) < 4.78 is 24.9. The van der Waals surface area contributed by atoms with Crippen molar-refractivity contribution in [1.29, 1.82) is 0 Å². The van der Waals surface area contributed by atoms with E-state index < -0.39 is 10.0 Å². The van der Waals surface area contributed by atoms with Gasteiger partial charge in [0, 0.05) is 12.1 Å². The van der Waals surface area contributed by atoms with E-state index in [1.807, 2.05) is 6.92 Å². The summed E-state index contributed by atoms with van der Waals surface area (Å²) in [6, 6.07) is 6.24. The van der Waals surface area contributed by atoms with Gasteiger partial charge in [-0.25, -0.2) is 8.42 Å². The summed E-state index contributed by atoms with van der Waals surface area (Å²) in [5.41, 5.74) is 0.707. The summed E-state index contributed by atoms with van der Waals surface area (Å²) >= 11 is 0. The first kappa shape index (κ1) is 18.2. The van der Waals surface area contributed by atoms with Crippen molar-refractivity contribution in [2.75, 3.05) is 23.7 Å². The molecule has 7 heteroatoms. The smallest absolute Gasteiger partial charge is 0.240 e. The molecule has 0 bridgehead atoms. The van der Waals surface area contributed by atoms with Crippen LogP contribution >= 0.6 is 0 Å². The molecular weight excluding hydrogens is 304 g/mol. The topological polar surface area (TPSA) is 83.6 Å². The Bertz CT molecular complexity index is 641. The van der Waals surface area contributed by atoms with E-state index in [9.17, 15) is 18.0 Å². The SMILES string of the molecule is CCCCNC(=O)CN(c1cccc(C(C)=O)c1)S(C)(=O)=O. The molecule has 0 spiro atoms. The zero-order chi connectivity index (χ0) is 16.8. The number of nitrogens with zero attached hydrogens (tertiary/aromatic N) is 1. The highest BCUT2D eigenvalue weighted by atomic mass is 32.2. The van der Waals surface area contributed by atoms with Gasteiger partial charge in [0.15, 0.2) is 5.78 Å². The third-order valence-corrected chi connectivity index (χ3v) is 4.22. The first-order chi connectivity index (χ1) is 10.3. The molecule has 0 saturated carbocycles. The van der Waals surface area contributed by atoms with Gasteiger partial charge in [-0.05, 0) is 25.5 Å². The van der Waals surface area contributed by atoms with E-state index in [0.717, 1.165) is 23.4 Å². The second-order valence-corrected chi connectivity index (χ2v) is 6.99. The van der Waals surface area contributed by atoms with Crippen LogP contribution in [0.5, 0.6) is 0 Å². The van der Waals surface area contributed by atoms with Gasteiger partial charge in [0.05, 0.1) is 11.9 Å². The molecule has 1 aromatic carbocycles. The monoisotopic (exact) mass is 326 g/mol. The lowest BCUT2D eigenvalue weighted by atomic mass is 10.1. The fourth-order valence-electron chi connectivity index (χ4n) is 1.87. The molecule has 0 aromatic heterocycles. The van der Waals surface area contributed by atoms with Crippen LogP contribution in [-0.4, -0.2) is 39.5 Å². The van der Waals surface area contributed by atoms with Crippen LogP contribution in [0.4, 0.5) is 5.69 Å². The van der Waals surface area contributed by atoms with Crippen molar-refractivity contribution in [1.82, 2.24) is 5.32 Å². The Balaban J connectivity index is 2.97. The molecular formula is C15H22N2O4S. The lowest BCUT2D eigenvalue weighted by molar-refractivity contribution is -0.119. The molecule has 0 aliphatic rings. The van der Waals surface area contributed by atoms with Crippen LogP contribution < -0.4 is 9.62 Å². The van der Waals surface area contributed by atoms with Crippen molar-refractivity contribution in [3.63, 3.8) is 0 Å². The normalized spacial score (nSPS) is 11.0. The molecule has 122 valence electrons. The fraction of sp³-hybridized carbons (Fsp3) is 0.467. The predicted molar refractivity (Wildman–Crippen MR) is 86.6 cm³/mol. The Kier molecular flexibility index (Phi) is 6.55. The van der Waals surface area contributed by atoms with Gasteiger partial charge < -0.3 is 5.32 Å². The van der Waals surface area contributed by atoms with Gasteiger partial charge >= 0.3 is 0 Å². The number of hydrogen-bond donors (Lipinski definition) is 1. The summed E-state index contributed by atoms with van der Waals surface area (Å²) in [4.78, 5) is 23.3. The van der Waals surface area contributed by atoms with Gasteiger partial charge in [-0.2, -0.15) is 0 Å². The van der Waals surface area contributed by atoms with E-state index in [4.69, 9.17) is 0 Å². The van der Waals surface area contributed by atoms with Gasteiger partial charge in [-0.3, -0.25) is 13.9 Å². The maximum atomic E-state index is 11.9. The van der Waals surface area contributed by atoms with E-state index >= 15 is 0 Å². The van der Waals surface area contributed by atoms with Crippen LogP contribution in [0.25, 0.3) is 0 Å². The van der Waals surface area contributed by atoms with Crippen LogP contribution in [0, 0.1) is 0 Å². The molecule has 0 aliphatic carbocycles. The van der Waals surface area contributed by atoms with Crippen molar-refractivity contribution in [2.45, 2.75) is 26.7 Å². The van der Waals surface area contributed by atoms with Gasteiger partial charge in [-0.15, -0.1) is 0 Å². The minimum absolute atomic E-state index is 0.164. The average Bonchev–Trinajstić information content (AvgIpc) is 2.44. The molecule has 0 fully saturated rings. The molecule has 0 unspecified atom stereocenters. The Morgan fingerprint density at radius 3 is 2.50 bits per heavy atom. The summed E-state index contributed by atoms with van der Waals surface area (Å²) in [5, 5.41) is 2.68. The molecule has 0 atom stereocenters. The Labute approximate surface area is 131 Å². The number of nitrogens with one attached hydrogen (secondary N) is 1. The van der Waals surface area contributed by atoms with Crippen LogP contribution in [0.2, 0.25) is 0 Å². The number of ketones is 1. The number of Topliss-reactive ketones (excluding diaryl/α,β-unsaturated/α-hetero) is 1. The molecule has 1 N–H and O–H groups in total.